The molecule has 0 radical (unpaired) electrons. The lowest BCUT2D eigenvalue weighted by atomic mass is 9.49. The van der Waals surface area contributed by atoms with Crippen LogP contribution in [0, 0.1) is 23.3 Å². The molecular weight excluding hydrogens is 732 g/mol. The van der Waals surface area contributed by atoms with Crippen molar-refractivity contribution < 1.29 is 28.7 Å². The molecule has 2 N–H and O–H groups in total. The fourth-order valence-corrected chi connectivity index (χ4v) is 10.4. The van der Waals surface area contributed by atoms with Gasteiger partial charge in [0.1, 0.15) is 23.6 Å². The van der Waals surface area contributed by atoms with Gasteiger partial charge in [-0.15, -0.1) is 0 Å². The number of piperidine rings is 1. The third-order valence-corrected chi connectivity index (χ3v) is 13.1. The Bertz CT molecular complexity index is 2140. The van der Waals surface area contributed by atoms with Gasteiger partial charge in [0.05, 0.1) is 22.7 Å². The second kappa shape index (κ2) is 14.1. The molecule has 3 aliphatic heterocycles. The van der Waals surface area contributed by atoms with Gasteiger partial charge in [0.25, 0.3) is 17.7 Å². The number of aromatic nitrogens is 1. The Labute approximate surface area is 331 Å². The molecule has 2 aromatic carbocycles. The molecule has 4 heterocycles. The number of carbonyl (C=O) groups excluding carboxylic acids is 5. The van der Waals surface area contributed by atoms with Crippen molar-refractivity contribution in [3.63, 3.8) is 0 Å². The summed E-state index contributed by atoms with van der Waals surface area (Å²) in [4.78, 5) is 75.5. The van der Waals surface area contributed by atoms with Crippen LogP contribution in [0.5, 0.6) is 5.75 Å². The highest BCUT2D eigenvalue weighted by Crippen LogP contribution is 2.56. The minimum absolute atomic E-state index is 0.0940. The van der Waals surface area contributed by atoms with Gasteiger partial charge in [-0.25, -0.2) is 4.85 Å². The van der Waals surface area contributed by atoms with E-state index in [1.54, 1.807) is 18.2 Å². The highest BCUT2D eigenvalue weighted by molar-refractivity contribution is 6.33. The number of amides is 5. The van der Waals surface area contributed by atoms with Crippen LogP contribution in [-0.4, -0.2) is 69.1 Å². The molecule has 2 aliphatic carbocycles. The number of pyridine rings is 1. The third-order valence-electron chi connectivity index (χ3n) is 12.8. The lowest BCUT2D eigenvalue weighted by Crippen LogP contribution is -2.74. The maximum absolute atomic E-state index is 13.4. The second-order valence-corrected chi connectivity index (χ2v) is 17.7. The molecule has 0 bridgehead atoms. The summed E-state index contributed by atoms with van der Waals surface area (Å²) in [7, 11) is 0. The molecule has 1 unspecified atom stereocenters. The van der Waals surface area contributed by atoms with Gasteiger partial charge in [0, 0.05) is 49.1 Å². The fourth-order valence-electron chi connectivity index (χ4n) is 10.2. The molecule has 1 aromatic heterocycles. The molecule has 3 aromatic rings. The van der Waals surface area contributed by atoms with E-state index in [-0.39, 0.29) is 41.7 Å². The molecule has 2 saturated carbocycles. The quantitative estimate of drug-likeness (QED) is 0.193. The average molecular weight is 777 g/mol. The molecule has 8 rings (SSSR count). The van der Waals surface area contributed by atoms with E-state index >= 15 is 0 Å². The van der Waals surface area contributed by atoms with E-state index in [9.17, 15) is 24.0 Å². The highest BCUT2D eigenvalue weighted by Gasteiger charge is 2.64. The average Bonchev–Trinajstić information content (AvgIpc) is 3.67. The maximum Gasteiger partial charge on any atom is 0.270 e. The Morgan fingerprint density at radius 3 is 2.18 bits per heavy atom. The summed E-state index contributed by atoms with van der Waals surface area (Å²) in [6, 6.07) is 11.4. The lowest BCUT2D eigenvalue weighted by molar-refractivity contribution is -0.164. The second-order valence-electron chi connectivity index (χ2n) is 17.2. The van der Waals surface area contributed by atoms with E-state index in [2.05, 4.69) is 53.1 Å². The largest absolute Gasteiger partial charge is 0.489 e. The number of nitrogens with one attached hydrogen (secondary N) is 2. The molecular formula is C43H45ClN6O6. The Hall–Kier alpha value is -5.12. The number of imide groups is 2. The Morgan fingerprint density at radius 2 is 1.61 bits per heavy atom. The van der Waals surface area contributed by atoms with Crippen LogP contribution in [0.4, 0.5) is 5.69 Å². The maximum atomic E-state index is 13.4. The predicted molar refractivity (Wildman–Crippen MR) is 207 cm³/mol. The Morgan fingerprint density at radius 1 is 0.946 bits per heavy atom. The van der Waals surface area contributed by atoms with E-state index in [4.69, 9.17) is 22.9 Å². The van der Waals surface area contributed by atoms with Gasteiger partial charge in [-0.3, -0.25) is 44.1 Å². The zero-order chi connectivity index (χ0) is 39.7. The van der Waals surface area contributed by atoms with E-state index in [0.29, 0.717) is 58.2 Å². The van der Waals surface area contributed by atoms with Crippen molar-refractivity contribution in [1.29, 1.82) is 0 Å². The van der Waals surface area contributed by atoms with Crippen LogP contribution >= 0.6 is 11.6 Å². The molecule has 1 atom stereocenters. The number of ether oxygens (including phenoxy) is 1. The predicted octanol–water partition coefficient (Wildman–Crippen LogP) is 6.59. The van der Waals surface area contributed by atoms with Gasteiger partial charge in [-0.05, 0) is 91.0 Å². The summed E-state index contributed by atoms with van der Waals surface area (Å²) in [5, 5.41) is 5.82. The van der Waals surface area contributed by atoms with Gasteiger partial charge in [0.2, 0.25) is 17.5 Å². The number of hydrogen-bond donors (Lipinski definition) is 2. The number of hydrogen-bond acceptors (Lipinski definition) is 8. The first-order valence-corrected chi connectivity index (χ1v) is 19.7. The fraction of sp³-hybridized carbons (Fsp3) is 0.465. The summed E-state index contributed by atoms with van der Waals surface area (Å²) in [6.45, 7) is 17.9. The first kappa shape index (κ1) is 37.8. The van der Waals surface area contributed by atoms with Crippen molar-refractivity contribution in [2.75, 3.05) is 6.54 Å². The zero-order valence-corrected chi connectivity index (χ0v) is 32.7. The van der Waals surface area contributed by atoms with Gasteiger partial charge >= 0.3 is 0 Å². The molecule has 3 fully saturated rings. The van der Waals surface area contributed by atoms with Gasteiger partial charge < -0.3 is 10.1 Å². The Kier molecular flexibility index (Phi) is 9.53. The summed E-state index contributed by atoms with van der Waals surface area (Å²) < 4.78 is 6.37. The van der Waals surface area contributed by atoms with E-state index in [0.717, 1.165) is 53.8 Å². The van der Waals surface area contributed by atoms with Gasteiger partial charge in [-0.1, -0.05) is 51.4 Å². The molecule has 1 saturated heterocycles. The summed E-state index contributed by atoms with van der Waals surface area (Å²) in [5.74, 6) is -0.664. The van der Waals surface area contributed by atoms with E-state index in [1.807, 2.05) is 30.5 Å². The van der Waals surface area contributed by atoms with Gasteiger partial charge in [-0.2, -0.15) is 0 Å². The van der Waals surface area contributed by atoms with Crippen molar-refractivity contribution >= 4 is 46.8 Å². The highest BCUT2D eigenvalue weighted by atomic mass is 35.5. The summed E-state index contributed by atoms with van der Waals surface area (Å²) in [5.41, 5.74) is 3.88. The van der Waals surface area contributed by atoms with Crippen LogP contribution in [-0.2, 0) is 22.7 Å². The lowest BCUT2D eigenvalue weighted by Gasteiger charge is -2.63. The number of nitrogens with zero attached hydrogens (tertiary/aromatic N) is 4. The van der Waals surface area contributed by atoms with Gasteiger partial charge in [0.15, 0.2) is 0 Å². The van der Waals surface area contributed by atoms with Crippen LogP contribution in [0.3, 0.4) is 0 Å². The number of halogens is 1. The zero-order valence-electron chi connectivity index (χ0n) is 32.0. The van der Waals surface area contributed by atoms with Crippen molar-refractivity contribution in [2.24, 2.45) is 16.7 Å². The SMILES string of the molecule is [C-]#[N+]c1ccc(OC2C(C)(C)C(NC(=O)c3ccc(C4CCC(CN5Cc6cc7c(cc6C5)C(=O)N(C5CCC(=O)NC5=O)C7=O)CC4)cn3)C2(C)C)cc1Cl. The molecule has 290 valence electrons. The minimum Gasteiger partial charge on any atom is -0.489 e. The molecule has 56 heavy (non-hydrogen) atoms. The standard InChI is InChI=1S/C43H45ClN6O6/c1-42(2)40(43(3,4)41(42)56-28-11-13-32(45-5)31(44)18-28)48-36(52)33-12-10-25(19-46-33)24-8-6-23(7-9-24)20-49-21-26-16-29-30(17-27(26)22-49)39(55)50(38(29)54)34-14-15-35(51)47-37(34)53/h10-13,16-19,23-24,34,40-41H,6-9,14-15,20-22H2,1-4H3,(H,48,52)(H,47,51,53). The number of carbonyl (C=O) groups is 5. The molecule has 12 nitrogen and oxygen atoms in total. The molecule has 13 heteroatoms. The Balaban J connectivity index is 0.822. The number of fused-ring (bicyclic) bond motifs is 2. The summed E-state index contributed by atoms with van der Waals surface area (Å²) in [6.07, 6.45) is 6.09. The first-order chi connectivity index (χ1) is 26.6. The molecule has 0 spiro atoms. The smallest absolute Gasteiger partial charge is 0.270 e. The third kappa shape index (κ3) is 6.54. The van der Waals surface area contributed by atoms with E-state index in [1.165, 1.54) is 0 Å². The summed E-state index contributed by atoms with van der Waals surface area (Å²) >= 11 is 6.25. The van der Waals surface area contributed by atoms with Crippen molar-refractivity contribution in [3.8, 4) is 5.75 Å². The van der Waals surface area contributed by atoms with Crippen molar-refractivity contribution in [2.45, 2.75) is 103 Å². The van der Waals surface area contributed by atoms with Crippen molar-refractivity contribution in [1.82, 2.24) is 25.4 Å². The van der Waals surface area contributed by atoms with Crippen LogP contribution in [0.2, 0.25) is 5.02 Å². The van der Waals surface area contributed by atoms with Crippen LogP contribution < -0.4 is 15.4 Å². The van der Waals surface area contributed by atoms with Crippen LogP contribution in [0.25, 0.3) is 4.85 Å². The van der Waals surface area contributed by atoms with Crippen molar-refractivity contribution in [3.05, 3.63) is 98.6 Å². The molecule has 5 amide bonds. The topological polar surface area (TPSA) is 142 Å². The van der Waals surface area contributed by atoms with E-state index < -0.39 is 29.7 Å². The normalized spacial score (nSPS) is 26.5. The number of benzene rings is 2. The minimum atomic E-state index is -0.966. The molecule has 5 aliphatic rings. The first-order valence-electron chi connectivity index (χ1n) is 19.4. The van der Waals surface area contributed by atoms with Crippen LogP contribution in [0.1, 0.15) is 120 Å². The van der Waals surface area contributed by atoms with Crippen LogP contribution in [0.15, 0.2) is 48.7 Å². The number of rotatable bonds is 8. The monoisotopic (exact) mass is 776 g/mol.